The highest BCUT2D eigenvalue weighted by molar-refractivity contribution is 5.58. The molecule has 0 spiro atoms. The summed E-state index contributed by atoms with van der Waals surface area (Å²) in [5.41, 5.74) is 3.97. The van der Waals surface area contributed by atoms with E-state index in [2.05, 4.69) is 27.2 Å². The average molecular weight is 256 g/mol. The van der Waals surface area contributed by atoms with Crippen LogP contribution in [-0.4, -0.2) is 21.5 Å². The molecule has 2 aromatic rings. The van der Waals surface area contributed by atoms with E-state index in [4.69, 9.17) is 0 Å². The molecule has 0 bridgehead atoms. The van der Waals surface area contributed by atoms with Gasteiger partial charge < -0.3 is 5.32 Å². The third-order valence-electron chi connectivity index (χ3n) is 2.75. The number of nitrogens with zero attached hydrogens (tertiary/aromatic N) is 3. The molecular weight excluding hydrogens is 236 g/mol. The van der Waals surface area contributed by atoms with Crippen molar-refractivity contribution >= 4 is 5.82 Å². The quantitative estimate of drug-likeness (QED) is 0.912. The van der Waals surface area contributed by atoms with E-state index in [-0.39, 0.29) is 0 Å². The van der Waals surface area contributed by atoms with Gasteiger partial charge in [0.15, 0.2) is 5.82 Å². The fourth-order valence-electron chi connectivity index (χ4n) is 2.00. The van der Waals surface area contributed by atoms with E-state index in [9.17, 15) is 0 Å². The van der Waals surface area contributed by atoms with Crippen molar-refractivity contribution in [2.24, 2.45) is 0 Å². The van der Waals surface area contributed by atoms with Crippen LogP contribution >= 0.6 is 0 Å². The molecular formula is C15H20N4. The van der Waals surface area contributed by atoms with Crippen molar-refractivity contribution in [2.45, 2.75) is 34.1 Å². The number of anilines is 1. The number of aryl methyl sites for hydroxylation is 3. The molecule has 0 saturated carbocycles. The second-order valence-electron chi connectivity index (χ2n) is 4.78. The molecule has 0 radical (unpaired) electrons. The molecule has 0 aliphatic rings. The molecule has 0 amide bonds. The van der Waals surface area contributed by atoms with Crippen molar-refractivity contribution in [1.82, 2.24) is 15.0 Å². The Bertz CT molecular complexity index is 558. The first kappa shape index (κ1) is 13.5. The molecule has 2 rings (SSSR count). The topological polar surface area (TPSA) is 50.7 Å². The van der Waals surface area contributed by atoms with Gasteiger partial charge in [0.25, 0.3) is 0 Å². The standard InChI is InChI=1S/C15H20N4/c1-5-6-16-14-9-12(4)18-15(19-14)13-7-10(2)17-11(3)8-13/h7-9H,5-6H2,1-4H3,(H,16,18,19). The van der Waals surface area contributed by atoms with E-state index >= 15 is 0 Å². The van der Waals surface area contributed by atoms with Crippen LogP contribution in [0.25, 0.3) is 11.4 Å². The minimum absolute atomic E-state index is 0.757. The Balaban J connectivity index is 2.40. The van der Waals surface area contributed by atoms with Crippen molar-refractivity contribution in [3.63, 3.8) is 0 Å². The zero-order valence-electron chi connectivity index (χ0n) is 12.0. The van der Waals surface area contributed by atoms with Gasteiger partial charge in [0, 0.05) is 35.3 Å². The third kappa shape index (κ3) is 3.50. The van der Waals surface area contributed by atoms with Crippen LogP contribution in [0.5, 0.6) is 0 Å². The molecule has 19 heavy (non-hydrogen) atoms. The van der Waals surface area contributed by atoms with Crippen LogP contribution in [0, 0.1) is 20.8 Å². The van der Waals surface area contributed by atoms with Gasteiger partial charge in [-0.3, -0.25) is 4.98 Å². The monoisotopic (exact) mass is 256 g/mol. The van der Waals surface area contributed by atoms with E-state index in [0.717, 1.165) is 47.3 Å². The Morgan fingerprint density at radius 2 is 1.53 bits per heavy atom. The molecule has 4 nitrogen and oxygen atoms in total. The highest BCUT2D eigenvalue weighted by Gasteiger charge is 2.06. The van der Waals surface area contributed by atoms with E-state index in [1.165, 1.54) is 0 Å². The third-order valence-corrected chi connectivity index (χ3v) is 2.75. The van der Waals surface area contributed by atoms with Crippen molar-refractivity contribution in [3.05, 3.63) is 35.3 Å². The lowest BCUT2D eigenvalue weighted by molar-refractivity contribution is 0.962. The maximum Gasteiger partial charge on any atom is 0.161 e. The van der Waals surface area contributed by atoms with Gasteiger partial charge in [-0.2, -0.15) is 0 Å². The van der Waals surface area contributed by atoms with Gasteiger partial charge in [0.2, 0.25) is 0 Å². The van der Waals surface area contributed by atoms with Gasteiger partial charge in [-0.15, -0.1) is 0 Å². The van der Waals surface area contributed by atoms with Gasteiger partial charge in [-0.1, -0.05) is 6.92 Å². The van der Waals surface area contributed by atoms with Crippen LogP contribution in [0.1, 0.15) is 30.4 Å². The SMILES string of the molecule is CCCNc1cc(C)nc(-c2cc(C)nc(C)c2)n1. The first-order valence-electron chi connectivity index (χ1n) is 6.63. The summed E-state index contributed by atoms with van der Waals surface area (Å²) in [6.07, 6.45) is 1.08. The number of rotatable bonds is 4. The molecule has 0 atom stereocenters. The molecule has 0 aliphatic heterocycles. The highest BCUT2D eigenvalue weighted by atomic mass is 15.0. The predicted octanol–water partition coefficient (Wildman–Crippen LogP) is 3.29. The Morgan fingerprint density at radius 1 is 0.895 bits per heavy atom. The van der Waals surface area contributed by atoms with Crippen LogP contribution < -0.4 is 5.32 Å². The predicted molar refractivity (Wildman–Crippen MR) is 78.3 cm³/mol. The van der Waals surface area contributed by atoms with Gasteiger partial charge >= 0.3 is 0 Å². The summed E-state index contributed by atoms with van der Waals surface area (Å²) in [5, 5.41) is 3.31. The largest absolute Gasteiger partial charge is 0.370 e. The Morgan fingerprint density at radius 3 is 2.16 bits per heavy atom. The summed E-state index contributed by atoms with van der Waals surface area (Å²) >= 11 is 0. The lowest BCUT2D eigenvalue weighted by atomic mass is 10.2. The van der Waals surface area contributed by atoms with Gasteiger partial charge in [0.1, 0.15) is 5.82 Å². The highest BCUT2D eigenvalue weighted by Crippen LogP contribution is 2.19. The smallest absolute Gasteiger partial charge is 0.161 e. The fourth-order valence-corrected chi connectivity index (χ4v) is 2.00. The zero-order valence-corrected chi connectivity index (χ0v) is 12.0. The first-order valence-corrected chi connectivity index (χ1v) is 6.63. The number of nitrogens with one attached hydrogen (secondary N) is 1. The molecule has 0 fully saturated rings. The molecule has 0 saturated heterocycles. The van der Waals surface area contributed by atoms with Crippen LogP contribution in [0.2, 0.25) is 0 Å². The van der Waals surface area contributed by atoms with E-state index in [1.54, 1.807) is 0 Å². The number of hydrogen-bond acceptors (Lipinski definition) is 4. The van der Waals surface area contributed by atoms with Gasteiger partial charge in [-0.05, 0) is 39.3 Å². The molecule has 1 N–H and O–H groups in total. The Kier molecular flexibility index (Phi) is 4.10. The minimum atomic E-state index is 0.757. The average Bonchev–Trinajstić information content (AvgIpc) is 2.34. The van der Waals surface area contributed by atoms with Crippen molar-refractivity contribution < 1.29 is 0 Å². The molecule has 100 valence electrons. The summed E-state index contributed by atoms with van der Waals surface area (Å²) in [6.45, 7) is 9.02. The van der Waals surface area contributed by atoms with E-state index < -0.39 is 0 Å². The lowest BCUT2D eigenvalue weighted by Gasteiger charge is -2.08. The fraction of sp³-hybridized carbons (Fsp3) is 0.400. The first-order chi connectivity index (χ1) is 9.08. The summed E-state index contributed by atoms with van der Waals surface area (Å²) in [5.74, 6) is 1.64. The number of aromatic nitrogens is 3. The van der Waals surface area contributed by atoms with E-state index in [0.29, 0.717) is 0 Å². The summed E-state index contributed by atoms with van der Waals surface area (Å²) in [7, 11) is 0. The minimum Gasteiger partial charge on any atom is -0.370 e. The van der Waals surface area contributed by atoms with Crippen molar-refractivity contribution in [2.75, 3.05) is 11.9 Å². The molecule has 2 aromatic heterocycles. The number of pyridine rings is 1. The maximum atomic E-state index is 4.57. The second kappa shape index (κ2) is 5.78. The van der Waals surface area contributed by atoms with Gasteiger partial charge in [-0.25, -0.2) is 9.97 Å². The molecule has 0 unspecified atom stereocenters. The Hall–Kier alpha value is -1.97. The zero-order chi connectivity index (χ0) is 13.8. The van der Waals surface area contributed by atoms with E-state index in [1.807, 2.05) is 39.0 Å². The Labute approximate surface area is 114 Å². The lowest BCUT2D eigenvalue weighted by Crippen LogP contribution is -2.04. The van der Waals surface area contributed by atoms with Crippen molar-refractivity contribution in [3.8, 4) is 11.4 Å². The molecule has 4 heteroatoms. The molecule has 0 aromatic carbocycles. The number of hydrogen-bond donors (Lipinski definition) is 1. The molecule has 2 heterocycles. The second-order valence-corrected chi connectivity index (χ2v) is 4.78. The maximum absolute atomic E-state index is 4.57. The summed E-state index contributed by atoms with van der Waals surface area (Å²) in [4.78, 5) is 13.5. The summed E-state index contributed by atoms with van der Waals surface area (Å²) in [6, 6.07) is 6.01. The van der Waals surface area contributed by atoms with Crippen LogP contribution in [0.4, 0.5) is 5.82 Å². The van der Waals surface area contributed by atoms with Crippen LogP contribution in [0.3, 0.4) is 0 Å². The normalized spacial score (nSPS) is 10.5. The molecule has 0 aliphatic carbocycles. The van der Waals surface area contributed by atoms with Crippen LogP contribution in [-0.2, 0) is 0 Å². The van der Waals surface area contributed by atoms with Gasteiger partial charge in [0.05, 0.1) is 0 Å². The van der Waals surface area contributed by atoms with Crippen molar-refractivity contribution in [1.29, 1.82) is 0 Å². The summed E-state index contributed by atoms with van der Waals surface area (Å²) < 4.78 is 0. The van der Waals surface area contributed by atoms with Crippen LogP contribution in [0.15, 0.2) is 18.2 Å².